The van der Waals surface area contributed by atoms with Gasteiger partial charge in [0, 0.05) is 11.8 Å². The number of aliphatic hydroxyl groups is 2. The third-order valence-electron chi connectivity index (χ3n) is 1.94. The van der Waals surface area contributed by atoms with Crippen LogP contribution in [0.5, 0.6) is 0 Å². The Morgan fingerprint density at radius 3 is 2.73 bits per heavy atom. The molecule has 0 aliphatic rings. The van der Waals surface area contributed by atoms with Crippen molar-refractivity contribution in [1.82, 2.24) is 4.98 Å². The fraction of sp³-hybridized carbons (Fsp3) is 0.333. The number of rotatable bonds is 4. The predicted molar refractivity (Wildman–Crippen MR) is 53.2 cm³/mol. The van der Waals surface area contributed by atoms with Gasteiger partial charge in [0.1, 0.15) is 11.9 Å². The second-order valence-corrected chi connectivity index (χ2v) is 3.00. The molecule has 0 saturated carbocycles. The van der Waals surface area contributed by atoms with E-state index in [1.54, 1.807) is 18.2 Å². The molecule has 0 aliphatic heterocycles. The fourth-order valence-electron chi connectivity index (χ4n) is 1.09. The molecule has 0 spiro atoms. The quantitative estimate of drug-likeness (QED) is 0.398. The molecule has 5 N–H and O–H groups in total. The molecular formula is C9H12N4O2. The molecule has 0 fully saturated rings. The van der Waals surface area contributed by atoms with Gasteiger partial charge >= 0.3 is 0 Å². The van der Waals surface area contributed by atoms with Gasteiger partial charge in [-0.3, -0.25) is 0 Å². The Kier molecular flexibility index (Phi) is 4.00. The first-order chi connectivity index (χ1) is 7.19. The number of nitrogen functional groups attached to an aromatic ring is 1. The topological polar surface area (TPSA) is 115 Å². The van der Waals surface area contributed by atoms with Gasteiger partial charge in [0.15, 0.2) is 0 Å². The zero-order valence-electron chi connectivity index (χ0n) is 7.96. The van der Waals surface area contributed by atoms with E-state index in [9.17, 15) is 10.2 Å². The van der Waals surface area contributed by atoms with Crippen LogP contribution in [0.4, 0.5) is 5.82 Å². The predicted octanol–water partition coefficient (Wildman–Crippen LogP) is -0.325. The Morgan fingerprint density at radius 1 is 1.53 bits per heavy atom. The number of aromatic nitrogens is 1. The summed E-state index contributed by atoms with van der Waals surface area (Å²) in [7, 11) is 0. The number of hydrazine groups is 1. The Labute approximate surface area is 87.0 Å². The van der Waals surface area contributed by atoms with Crippen LogP contribution < -0.4 is 11.3 Å². The van der Waals surface area contributed by atoms with Gasteiger partial charge in [0.05, 0.1) is 18.6 Å². The first-order valence-corrected chi connectivity index (χ1v) is 4.34. The highest BCUT2D eigenvalue weighted by atomic mass is 16.3. The molecule has 0 saturated heterocycles. The summed E-state index contributed by atoms with van der Waals surface area (Å²) >= 11 is 0. The van der Waals surface area contributed by atoms with E-state index in [1.165, 1.54) is 6.20 Å². The summed E-state index contributed by atoms with van der Waals surface area (Å²) in [5.41, 5.74) is 2.78. The summed E-state index contributed by atoms with van der Waals surface area (Å²) in [6, 6.07) is 4.92. The Morgan fingerprint density at radius 2 is 2.27 bits per heavy atom. The molecule has 1 aromatic heterocycles. The van der Waals surface area contributed by atoms with Crippen molar-refractivity contribution in [2.24, 2.45) is 5.84 Å². The van der Waals surface area contributed by atoms with Crippen LogP contribution >= 0.6 is 0 Å². The van der Waals surface area contributed by atoms with Gasteiger partial charge in [-0.1, -0.05) is 6.07 Å². The van der Waals surface area contributed by atoms with Crippen LogP contribution in [0.1, 0.15) is 18.1 Å². The van der Waals surface area contributed by atoms with Crippen molar-refractivity contribution >= 4 is 5.82 Å². The molecule has 15 heavy (non-hydrogen) atoms. The van der Waals surface area contributed by atoms with Crippen LogP contribution in [0.2, 0.25) is 0 Å². The highest BCUT2D eigenvalue weighted by Crippen LogP contribution is 2.18. The van der Waals surface area contributed by atoms with Crippen LogP contribution in [-0.2, 0) is 0 Å². The third kappa shape index (κ3) is 2.89. The van der Waals surface area contributed by atoms with Gasteiger partial charge in [-0.05, 0) is 6.07 Å². The van der Waals surface area contributed by atoms with Gasteiger partial charge in [0.2, 0.25) is 0 Å². The van der Waals surface area contributed by atoms with Crippen molar-refractivity contribution in [1.29, 1.82) is 5.26 Å². The van der Waals surface area contributed by atoms with Crippen LogP contribution in [-0.4, -0.2) is 21.3 Å². The molecule has 6 heteroatoms. The van der Waals surface area contributed by atoms with E-state index >= 15 is 0 Å². The van der Waals surface area contributed by atoms with E-state index in [0.717, 1.165) is 0 Å². The number of hydrogen-bond donors (Lipinski definition) is 4. The average molecular weight is 208 g/mol. The van der Waals surface area contributed by atoms with Gasteiger partial charge in [-0.15, -0.1) is 0 Å². The molecule has 1 heterocycles. The normalized spacial score (nSPS) is 14.0. The molecule has 6 nitrogen and oxygen atoms in total. The summed E-state index contributed by atoms with van der Waals surface area (Å²) in [6.45, 7) is 0. The van der Waals surface area contributed by atoms with Crippen molar-refractivity contribution in [3.63, 3.8) is 0 Å². The third-order valence-corrected chi connectivity index (χ3v) is 1.94. The maximum absolute atomic E-state index is 9.59. The lowest BCUT2D eigenvalue weighted by atomic mass is 10.0. The van der Waals surface area contributed by atoms with Gasteiger partial charge in [-0.2, -0.15) is 5.26 Å². The fourth-order valence-corrected chi connectivity index (χ4v) is 1.09. The zero-order valence-corrected chi connectivity index (χ0v) is 7.96. The summed E-state index contributed by atoms with van der Waals surface area (Å²) in [5.74, 6) is 5.58. The molecule has 80 valence electrons. The first kappa shape index (κ1) is 11.4. The maximum Gasteiger partial charge on any atom is 0.139 e. The van der Waals surface area contributed by atoms with Crippen LogP contribution in [0.3, 0.4) is 0 Å². The molecule has 0 aromatic carbocycles. The number of pyridine rings is 1. The summed E-state index contributed by atoms with van der Waals surface area (Å²) in [5, 5.41) is 27.3. The molecular weight excluding hydrogens is 196 g/mol. The second kappa shape index (κ2) is 5.26. The molecule has 0 radical (unpaired) electrons. The number of hydrogen-bond acceptors (Lipinski definition) is 6. The number of nitriles is 1. The smallest absolute Gasteiger partial charge is 0.139 e. The van der Waals surface area contributed by atoms with Gasteiger partial charge < -0.3 is 15.6 Å². The number of nitrogens with two attached hydrogens (primary N) is 1. The minimum absolute atomic E-state index is 0.127. The number of anilines is 1. The Balaban J connectivity index is 2.74. The largest absolute Gasteiger partial charge is 0.389 e. The summed E-state index contributed by atoms with van der Waals surface area (Å²) in [6.07, 6.45) is -0.948. The standard InChI is InChI=1S/C9H12N4O2/c10-4-3-7(14)9(15)6-1-2-8(13-11)12-5-6/h1-2,5,7,9,14-15H,3,11H2,(H,12,13). The molecule has 0 aliphatic carbocycles. The zero-order chi connectivity index (χ0) is 11.3. The Hall–Kier alpha value is -1.68. The molecule has 0 amide bonds. The lowest BCUT2D eigenvalue weighted by molar-refractivity contribution is 0.0214. The summed E-state index contributed by atoms with van der Waals surface area (Å²) < 4.78 is 0. The SMILES string of the molecule is N#CCC(O)C(O)c1ccc(NN)nc1. The van der Waals surface area contributed by atoms with Crippen molar-refractivity contribution in [3.8, 4) is 6.07 Å². The van der Waals surface area contributed by atoms with Crippen molar-refractivity contribution in [2.45, 2.75) is 18.6 Å². The Bertz CT molecular complexity index is 346. The van der Waals surface area contributed by atoms with E-state index < -0.39 is 12.2 Å². The average Bonchev–Trinajstić information content (AvgIpc) is 2.28. The van der Waals surface area contributed by atoms with Crippen molar-refractivity contribution in [3.05, 3.63) is 23.9 Å². The number of nitrogens with zero attached hydrogens (tertiary/aromatic N) is 2. The molecule has 2 unspecified atom stereocenters. The summed E-state index contributed by atoms with van der Waals surface area (Å²) in [4.78, 5) is 3.87. The van der Waals surface area contributed by atoms with Crippen molar-refractivity contribution < 1.29 is 10.2 Å². The molecule has 0 bridgehead atoms. The van der Waals surface area contributed by atoms with E-state index in [1.807, 2.05) is 0 Å². The van der Waals surface area contributed by atoms with Crippen LogP contribution in [0, 0.1) is 11.3 Å². The number of nitrogens with one attached hydrogen (secondary N) is 1. The minimum atomic E-state index is -1.11. The molecule has 1 aromatic rings. The van der Waals surface area contributed by atoms with E-state index in [-0.39, 0.29) is 6.42 Å². The van der Waals surface area contributed by atoms with E-state index in [4.69, 9.17) is 11.1 Å². The van der Waals surface area contributed by atoms with Gasteiger partial charge in [0.25, 0.3) is 0 Å². The second-order valence-electron chi connectivity index (χ2n) is 3.00. The lowest BCUT2D eigenvalue weighted by Crippen LogP contribution is -2.18. The maximum atomic E-state index is 9.59. The van der Waals surface area contributed by atoms with E-state index in [2.05, 4.69) is 10.4 Å². The lowest BCUT2D eigenvalue weighted by Gasteiger charge is -2.15. The van der Waals surface area contributed by atoms with E-state index in [0.29, 0.717) is 11.4 Å². The van der Waals surface area contributed by atoms with Gasteiger partial charge in [-0.25, -0.2) is 10.8 Å². The first-order valence-electron chi connectivity index (χ1n) is 4.34. The number of aliphatic hydroxyl groups excluding tert-OH is 2. The van der Waals surface area contributed by atoms with Crippen LogP contribution in [0.25, 0.3) is 0 Å². The van der Waals surface area contributed by atoms with Crippen molar-refractivity contribution in [2.75, 3.05) is 5.43 Å². The molecule has 2 atom stereocenters. The highest BCUT2D eigenvalue weighted by Gasteiger charge is 2.18. The monoisotopic (exact) mass is 208 g/mol. The van der Waals surface area contributed by atoms with Crippen LogP contribution in [0.15, 0.2) is 18.3 Å². The minimum Gasteiger partial charge on any atom is -0.389 e. The highest BCUT2D eigenvalue weighted by molar-refractivity contribution is 5.34. The molecule has 1 rings (SSSR count).